The summed E-state index contributed by atoms with van der Waals surface area (Å²) in [6.07, 6.45) is 3.09. The molecule has 0 radical (unpaired) electrons. The van der Waals surface area contributed by atoms with Crippen molar-refractivity contribution >= 4 is 29.1 Å². The number of thiophene rings is 1. The minimum Gasteiger partial charge on any atom is -0.497 e. The van der Waals surface area contributed by atoms with Crippen molar-refractivity contribution in [1.82, 2.24) is 5.32 Å². The number of carbonyl (C=O) groups excluding carboxylic acids is 3. The number of aryl methyl sites for hydroxylation is 2. The van der Waals surface area contributed by atoms with Crippen LogP contribution in [0.2, 0.25) is 0 Å². The molecule has 1 aliphatic rings. The highest BCUT2D eigenvalue weighted by Gasteiger charge is 2.20. The normalized spacial score (nSPS) is 12.4. The number of amides is 2. The van der Waals surface area contributed by atoms with Crippen molar-refractivity contribution in [2.75, 3.05) is 13.7 Å². The van der Waals surface area contributed by atoms with Crippen molar-refractivity contribution < 1.29 is 23.9 Å². The molecular weight excluding hydrogens is 342 g/mol. The van der Waals surface area contributed by atoms with Crippen LogP contribution in [0.15, 0.2) is 30.3 Å². The van der Waals surface area contributed by atoms with Crippen LogP contribution in [0.4, 0.5) is 0 Å². The maximum atomic E-state index is 12.0. The molecule has 0 bridgehead atoms. The molecule has 0 atom stereocenters. The molecule has 0 fully saturated rings. The molecular formula is C18H17NO5S. The van der Waals surface area contributed by atoms with Gasteiger partial charge in [0.2, 0.25) is 0 Å². The Hall–Kier alpha value is -2.67. The van der Waals surface area contributed by atoms with Crippen LogP contribution in [-0.2, 0) is 22.4 Å². The number of benzene rings is 1. The molecule has 1 aromatic carbocycles. The first-order valence-electron chi connectivity index (χ1n) is 7.84. The van der Waals surface area contributed by atoms with E-state index in [4.69, 9.17) is 9.47 Å². The molecule has 25 heavy (non-hydrogen) atoms. The van der Waals surface area contributed by atoms with Crippen LogP contribution in [0.25, 0.3) is 0 Å². The van der Waals surface area contributed by atoms with E-state index in [0.717, 1.165) is 19.3 Å². The highest BCUT2D eigenvalue weighted by Crippen LogP contribution is 2.30. The lowest BCUT2D eigenvalue weighted by atomic mass is 10.2. The smallest absolute Gasteiger partial charge is 0.348 e. The van der Waals surface area contributed by atoms with Gasteiger partial charge in [-0.3, -0.25) is 14.9 Å². The molecule has 6 nitrogen and oxygen atoms in total. The number of carbonyl (C=O) groups is 3. The second-order valence-electron chi connectivity index (χ2n) is 5.59. The lowest BCUT2D eigenvalue weighted by molar-refractivity contribution is -0.123. The molecule has 7 heteroatoms. The Bertz CT molecular complexity index is 788. The van der Waals surface area contributed by atoms with Gasteiger partial charge in [-0.1, -0.05) is 0 Å². The van der Waals surface area contributed by atoms with Gasteiger partial charge in [0.1, 0.15) is 10.6 Å². The molecule has 130 valence electrons. The van der Waals surface area contributed by atoms with Crippen LogP contribution in [0, 0.1) is 0 Å². The number of nitrogens with one attached hydrogen (secondary N) is 1. The first kappa shape index (κ1) is 17.2. The van der Waals surface area contributed by atoms with Crippen molar-refractivity contribution in [2.45, 2.75) is 19.3 Å². The first-order valence-corrected chi connectivity index (χ1v) is 8.65. The SMILES string of the molecule is COc1ccc(C(=O)NC(=O)COC(=O)c2cc3c(s2)CCC3)cc1. The predicted octanol–water partition coefficient (Wildman–Crippen LogP) is 2.36. The van der Waals surface area contributed by atoms with Gasteiger partial charge in [-0.15, -0.1) is 11.3 Å². The molecule has 3 rings (SSSR count). The molecule has 0 spiro atoms. The van der Waals surface area contributed by atoms with E-state index in [0.29, 0.717) is 16.2 Å². The molecule has 0 aliphatic heterocycles. The summed E-state index contributed by atoms with van der Waals surface area (Å²) in [4.78, 5) is 37.5. The van der Waals surface area contributed by atoms with Gasteiger partial charge in [0.05, 0.1) is 7.11 Å². The van der Waals surface area contributed by atoms with Gasteiger partial charge < -0.3 is 9.47 Å². The highest BCUT2D eigenvalue weighted by atomic mass is 32.1. The van der Waals surface area contributed by atoms with E-state index in [1.54, 1.807) is 24.3 Å². The van der Waals surface area contributed by atoms with Crippen LogP contribution in [0.1, 0.15) is 36.9 Å². The van der Waals surface area contributed by atoms with E-state index in [2.05, 4.69) is 5.32 Å². The predicted molar refractivity (Wildman–Crippen MR) is 92.1 cm³/mol. The molecule has 0 saturated heterocycles. The zero-order valence-corrected chi connectivity index (χ0v) is 14.5. The second-order valence-corrected chi connectivity index (χ2v) is 6.73. The fourth-order valence-electron chi connectivity index (χ4n) is 2.61. The number of ether oxygens (including phenoxy) is 2. The fourth-order valence-corrected chi connectivity index (χ4v) is 3.76. The quantitative estimate of drug-likeness (QED) is 0.829. The van der Waals surface area contributed by atoms with Crippen LogP contribution >= 0.6 is 11.3 Å². The summed E-state index contributed by atoms with van der Waals surface area (Å²) in [7, 11) is 1.52. The lowest BCUT2D eigenvalue weighted by Crippen LogP contribution is -2.34. The van der Waals surface area contributed by atoms with Crippen molar-refractivity contribution in [2.24, 2.45) is 0 Å². The third kappa shape index (κ3) is 4.06. The van der Waals surface area contributed by atoms with Crippen LogP contribution in [0.5, 0.6) is 5.75 Å². The molecule has 1 aliphatic carbocycles. The van der Waals surface area contributed by atoms with E-state index in [1.165, 1.54) is 28.9 Å². The molecule has 0 unspecified atom stereocenters. The third-order valence-electron chi connectivity index (χ3n) is 3.89. The Balaban J connectivity index is 1.49. The Morgan fingerprint density at radius 2 is 1.92 bits per heavy atom. The molecule has 1 heterocycles. The summed E-state index contributed by atoms with van der Waals surface area (Å²) < 4.78 is 9.99. The number of hydrogen-bond donors (Lipinski definition) is 1. The van der Waals surface area contributed by atoms with Gasteiger partial charge in [0, 0.05) is 10.4 Å². The van der Waals surface area contributed by atoms with Crippen molar-refractivity contribution in [3.63, 3.8) is 0 Å². The van der Waals surface area contributed by atoms with Gasteiger partial charge in [0.25, 0.3) is 11.8 Å². The highest BCUT2D eigenvalue weighted by molar-refractivity contribution is 7.14. The van der Waals surface area contributed by atoms with Crippen LogP contribution in [0.3, 0.4) is 0 Å². The van der Waals surface area contributed by atoms with Gasteiger partial charge in [0.15, 0.2) is 6.61 Å². The third-order valence-corrected chi connectivity index (χ3v) is 5.10. The van der Waals surface area contributed by atoms with Crippen molar-refractivity contribution in [3.05, 3.63) is 51.2 Å². The van der Waals surface area contributed by atoms with Crippen LogP contribution in [-0.4, -0.2) is 31.5 Å². The molecule has 0 saturated carbocycles. The number of fused-ring (bicyclic) bond motifs is 1. The van der Waals surface area contributed by atoms with Gasteiger partial charge in [-0.05, 0) is 55.2 Å². The number of imide groups is 1. The largest absolute Gasteiger partial charge is 0.497 e. The van der Waals surface area contributed by atoms with E-state index in [-0.39, 0.29) is 0 Å². The zero-order valence-electron chi connectivity index (χ0n) is 13.7. The lowest BCUT2D eigenvalue weighted by Gasteiger charge is -2.06. The minimum atomic E-state index is -0.668. The summed E-state index contributed by atoms with van der Waals surface area (Å²) in [5.74, 6) is -1.15. The Kier molecular flexibility index (Phi) is 5.14. The van der Waals surface area contributed by atoms with Crippen molar-refractivity contribution in [3.8, 4) is 5.75 Å². The van der Waals surface area contributed by atoms with Gasteiger partial charge in [-0.25, -0.2) is 4.79 Å². The monoisotopic (exact) mass is 359 g/mol. The summed E-state index contributed by atoms with van der Waals surface area (Å²) in [5, 5.41) is 2.19. The maximum absolute atomic E-state index is 12.0. The van der Waals surface area contributed by atoms with Crippen LogP contribution < -0.4 is 10.1 Å². The maximum Gasteiger partial charge on any atom is 0.348 e. The zero-order chi connectivity index (χ0) is 17.8. The van der Waals surface area contributed by atoms with Gasteiger partial charge in [-0.2, -0.15) is 0 Å². The standard InChI is InChI=1S/C18H17NO5S/c1-23-13-7-5-11(6-8-13)17(21)19-16(20)10-24-18(22)15-9-12-3-2-4-14(12)25-15/h5-9H,2-4,10H2,1H3,(H,19,20,21). The Morgan fingerprint density at radius 1 is 1.16 bits per heavy atom. The van der Waals surface area contributed by atoms with E-state index in [1.807, 2.05) is 6.07 Å². The number of methoxy groups -OCH3 is 1. The number of esters is 1. The topological polar surface area (TPSA) is 81.7 Å². The molecule has 2 aromatic rings. The average molecular weight is 359 g/mol. The molecule has 2 amide bonds. The number of rotatable bonds is 5. The number of hydrogen-bond acceptors (Lipinski definition) is 6. The summed E-state index contributed by atoms with van der Waals surface area (Å²) in [6, 6.07) is 8.15. The second kappa shape index (κ2) is 7.48. The summed E-state index contributed by atoms with van der Waals surface area (Å²) >= 11 is 1.41. The fraction of sp³-hybridized carbons (Fsp3) is 0.278. The summed E-state index contributed by atoms with van der Waals surface area (Å²) in [5.41, 5.74) is 1.51. The summed E-state index contributed by atoms with van der Waals surface area (Å²) in [6.45, 7) is -0.497. The van der Waals surface area contributed by atoms with Crippen molar-refractivity contribution in [1.29, 1.82) is 0 Å². The van der Waals surface area contributed by atoms with E-state index >= 15 is 0 Å². The average Bonchev–Trinajstić information content (AvgIpc) is 3.21. The Labute approximate surface area is 148 Å². The minimum absolute atomic E-state index is 0.315. The molecule has 1 N–H and O–H groups in total. The van der Waals surface area contributed by atoms with E-state index < -0.39 is 24.4 Å². The molecule has 1 aromatic heterocycles. The first-order chi connectivity index (χ1) is 12.1. The Morgan fingerprint density at radius 3 is 2.60 bits per heavy atom. The van der Waals surface area contributed by atoms with Gasteiger partial charge >= 0.3 is 5.97 Å². The van der Waals surface area contributed by atoms with E-state index in [9.17, 15) is 14.4 Å².